The molecule has 0 aliphatic carbocycles. The van der Waals surface area contributed by atoms with Gasteiger partial charge in [-0.25, -0.2) is 4.68 Å². The van der Waals surface area contributed by atoms with Crippen molar-refractivity contribution in [1.29, 1.82) is 0 Å². The smallest absolute Gasteiger partial charge is 0.0713 e. The quantitative estimate of drug-likeness (QED) is 0.932. The van der Waals surface area contributed by atoms with E-state index < -0.39 is 0 Å². The first-order valence-electron chi connectivity index (χ1n) is 6.83. The predicted octanol–water partition coefficient (Wildman–Crippen LogP) is 2.77. The van der Waals surface area contributed by atoms with Gasteiger partial charge in [0.2, 0.25) is 0 Å². The van der Waals surface area contributed by atoms with Crippen molar-refractivity contribution < 1.29 is 4.74 Å². The minimum atomic E-state index is 0.0132. The van der Waals surface area contributed by atoms with E-state index in [2.05, 4.69) is 32.9 Å². The maximum Gasteiger partial charge on any atom is 0.0713 e. The number of nitrogens with two attached hydrogens (primary N) is 1. The SMILES string of the molecule is COCc1cccc(-n2nc(C(C)(C)C)cc2CN)c1. The first-order chi connectivity index (χ1) is 9.45. The first kappa shape index (κ1) is 14.8. The predicted molar refractivity (Wildman–Crippen MR) is 80.9 cm³/mol. The minimum Gasteiger partial charge on any atom is -0.380 e. The summed E-state index contributed by atoms with van der Waals surface area (Å²) in [5, 5.41) is 4.72. The molecule has 2 aromatic rings. The third-order valence-corrected chi connectivity index (χ3v) is 3.23. The van der Waals surface area contributed by atoms with Gasteiger partial charge in [0.15, 0.2) is 0 Å². The number of hydrogen-bond acceptors (Lipinski definition) is 3. The largest absolute Gasteiger partial charge is 0.380 e. The Kier molecular flexibility index (Phi) is 4.26. The zero-order valence-electron chi connectivity index (χ0n) is 12.7. The first-order valence-corrected chi connectivity index (χ1v) is 6.83. The monoisotopic (exact) mass is 273 g/mol. The van der Waals surface area contributed by atoms with Crippen LogP contribution in [-0.4, -0.2) is 16.9 Å². The molecule has 0 unspecified atom stereocenters. The zero-order chi connectivity index (χ0) is 14.8. The lowest BCUT2D eigenvalue weighted by molar-refractivity contribution is 0.185. The molecule has 0 atom stereocenters. The molecule has 1 aromatic carbocycles. The number of methoxy groups -OCH3 is 1. The lowest BCUT2D eigenvalue weighted by atomic mass is 9.92. The second-order valence-electron chi connectivity index (χ2n) is 5.99. The lowest BCUT2D eigenvalue weighted by Crippen LogP contribution is -2.12. The van der Waals surface area contributed by atoms with E-state index >= 15 is 0 Å². The molecule has 20 heavy (non-hydrogen) atoms. The average molecular weight is 273 g/mol. The molecule has 0 aliphatic rings. The molecule has 0 saturated carbocycles. The summed E-state index contributed by atoms with van der Waals surface area (Å²) in [5.74, 6) is 0. The zero-order valence-corrected chi connectivity index (χ0v) is 12.7. The lowest BCUT2D eigenvalue weighted by Gasteiger charge is -2.14. The molecule has 0 radical (unpaired) electrons. The van der Waals surface area contributed by atoms with Gasteiger partial charge in [0.05, 0.1) is 23.7 Å². The van der Waals surface area contributed by atoms with E-state index in [1.54, 1.807) is 7.11 Å². The normalized spacial score (nSPS) is 11.8. The number of hydrogen-bond donors (Lipinski definition) is 1. The van der Waals surface area contributed by atoms with Crippen molar-refractivity contribution in [2.24, 2.45) is 5.73 Å². The number of nitrogens with zero attached hydrogens (tertiary/aromatic N) is 2. The Balaban J connectivity index is 2.46. The summed E-state index contributed by atoms with van der Waals surface area (Å²) in [6.07, 6.45) is 0. The fraction of sp³-hybridized carbons (Fsp3) is 0.438. The number of benzene rings is 1. The van der Waals surface area contributed by atoms with Crippen LogP contribution in [0.1, 0.15) is 37.7 Å². The van der Waals surface area contributed by atoms with Crippen LogP contribution >= 0.6 is 0 Å². The highest BCUT2D eigenvalue weighted by atomic mass is 16.5. The van der Waals surface area contributed by atoms with Crippen molar-refractivity contribution in [1.82, 2.24) is 9.78 Å². The highest BCUT2D eigenvalue weighted by Gasteiger charge is 2.20. The molecule has 1 heterocycles. The van der Waals surface area contributed by atoms with Crippen LogP contribution in [0.3, 0.4) is 0 Å². The van der Waals surface area contributed by atoms with E-state index in [4.69, 9.17) is 15.6 Å². The van der Waals surface area contributed by atoms with Crippen molar-refractivity contribution >= 4 is 0 Å². The van der Waals surface area contributed by atoms with Gasteiger partial charge in [-0.1, -0.05) is 32.9 Å². The van der Waals surface area contributed by atoms with Gasteiger partial charge in [-0.3, -0.25) is 0 Å². The van der Waals surface area contributed by atoms with E-state index in [0.717, 1.165) is 22.6 Å². The molecule has 2 rings (SSSR count). The molecule has 4 heteroatoms. The van der Waals surface area contributed by atoms with Crippen molar-refractivity contribution in [2.45, 2.75) is 39.3 Å². The molecule has 0 fully saturated rings. The van der Waals surface area contributed by atoms with Gasteiger partial charge >= 0.3 is 0 Å². The third kappa shape index (κ3) is 3.08. The van der Waals surface area contributed by atoms with E-state index in [0.29, 0.717) is 13.2 Å². The molecule has 1 aromatic heterocycles. The van der Waals surface area contributed by atoms with Crippen LogP contribution in [-0.2, 0) is 23.3 Å². The Morgan fingerprint density at radius 2 is 2.00 bits per heavy atom. The molecular formula is C16H23N3O. The molecule has 4 nitrogen and oxygen atoms in total. The van der Waals surface area contributed by atoms with Gasteiger partial charge in [0, 0.05) is 19.1 Å². The standard InChI is InChI=1S/C16H23N3O/c1-16(2,3)15-9-14(10-17)19(18-15)13-7-5-6-12(8-13)11-20-4/h5-9H,10-11,17H2,1-4H3. The molecular weight excluding hydrogens is 250 g/mol. The van der Waals surface area contributed by atoms with Crippen LogP contribution < -0.4 is 5.73 Å². The summed E-state index contributed by atoms with van der Waals surface area (Å²) in [5.41, 5.74) is 10.1. The van der Waals surface area contributed by atoms with Gasteiger partial charge in [-0.15, -0.1) is 0 Å². The summed E-state index contributed by atoms with van der Waals surface area (Å²) in [6.45, 7) is 7.53. The van der Waals surface area contributed by atoms with Gasteiger partial charge in [0.1, 0.15) is 0 Å². The van der Waals surface area contributed by atoms with Crippen LogP contribution in [0.4, 0.5) is 0 Å². The third-order valence-electron chi connectivity index (χ3n) is 3.23. The molecule has 0 saturated heterocycles. The Morgan fingerprint density at radius 1 is 1.25 bits per heavy atom. The summed E-state index contributed by atoms with van der Waals surface area (Å²) in [4.78, 5) is 0. The van der Waals surface area contributed by atoms with E-state index in [1.807, 2.05) is 22.9 Å². The molecule has 0 aliphatic heterocycles. The van der Waals surface area contributed by atoms with Crippen molar-refractivity contribution in [2.75, 3.05) is 7.11 Å². The van der Waals surface area contributed by atoms with Gasteiger partial charge in [0.25, 0.3) is 0 Å². The molecule has 0 spiro atoms. The van der Waals surface area contributed by atoms with Crippen molar-refractivity contribution in [3.8, 4) is 5.69 Å². The second-order valence-corrected chi connectivity index (χ2v) is 5.99. The summed E-state index contributed by atoms with van der Waals surface area (Å²) < 4.78 is 7.11. The van der Waals surface area contributed by atoms with Gasteiger partial charge < -0.3 is 10.5 Å². The van der Waals surface area contributed by atoms with Crippen LogP contribution in [0.5, 0.6) is 0 Å². The minimum absolute atomic E-state index is 0.0132. The fourth-order valence-electron chi connectivity index (χ4n) is 2.10. The number of rotatable bonds is 4. The second kappa shape index (κ2) is 5.77. The van der Waals surface area contributed by atoms with Gasteiger partial charge in [-0.2, -0.15) is 5.10 Å². The number of aromatic nitrogens is 2. The molecule has 108 valence electrons. The number of ether oxygens (including phenoxy) is 1. The maximum atomic E-state index is 5.86. The van der Waals surface area contributed by atoms with Crippen LogP contribution in [0, 0.1) is 0 Å². The summed E-state index contributed by atoms with van der Waals surface area (Å²) in [6, 6.07) is 10.3. The summed E-state index contributed by atoms with van der Waals surface area (Å²) in [7, 11) is 1.70. The van der Waals surface area contributed by atoms with Crippen LogP contribution in [0.25, 0.3) is 5.69 Å². The topological polar surface area (TPSA) is 53.1 Å². The average Bonchev–Trinajstić information content (AvgIpc) is 2.83. The van der Waals surface area contributed by atoms with E-state index in [1.165, 1.54) is 0 Å². The van der Waals surface area contributed by atoms with E-state index in [9.17, 15) is 0 Å². The summed E-state index contributed by atoms with van der Waals surface area (Å²) >= 11 is 0. The Morgan fingerprint density at radius 3 is 2.60 bits per heavy atom. The van der Waals surface area contributed by atoms with Gasteiger partial charge in [-0.05, 0) is 23.8 Å². The van der Waals surface area contributed by atoms with E-state index in [-0.39, 0.29) is 5.41 Å². The Bertz CT molecular complexity index is 582. The highest BCUT2D eigenvalue weighted by Crippen LogP contribution is 2.23. The van der Waals surface area contributed by atoms with Crippen molar-refractivity contribution in [3.05, 3.63) is 47.3 Å². The molecule has 2 N–H and O–H groups in total. The fourth-order valence-corrected chi connectivity index (χ4v) is 2.10. The molecule has 0 bridgehead atoms. The Labute approximate surface area is 120 Å². The van der Waals surface area contributed by atoms with Crippen LogP contribution in [0.2, 0.25) is 0 Å². The van der Waals surface area contributed by atoms with Crippen molar-refractivity contribution in [3.63, 3.8) is 0 Å². The Hall–Kier alpha value is -1.65. The maximum absolute atomic E-state index is 5.86. The highest BCUT2D eigenvalue weighted by molar-refractivity contribution is 5.37. The van der Waals surface area contributed by atoms with Crippen LogP contribution in [0.15, 0.2) is 30.3 Å². The molecule has 0 amide bonds.